The Balaban J connectivity index is 0.000000136. The van der Waals surface area contributed by atoms with Crippen LogP contribution in [0.3, 0.4) is 0 Å². The molecule has 0 spiro atoms. The molecular formula is C44H42N12O2. The van der Waals surface area contributed by atoms with Crippen molar-refractivity contribution in [2.75, 3.05) is 0 Å². The molecule has 58 heavy (non-hydrogen) atoms. The average Bonchev–Trinajstić information content (AvgIpc) is 4.06. The van der Waals surface area contributed by atoms with E-state index in [4.69, 9.17) is 15.3 Å². The van der Waals surface area contributed by atoms with E-state index in [1.807, 2.05) is 73.8 Å². The Morgan fingerprint density at radius 1 is 0.690 bits per heavy atom. The molecule has 2 aliphatic rings. The first kappa shape index (κ1) is 37.6. The summed E-state index contributed by atoms with van der Waals surface area (Å²) >= 11 is 0. The van der Waals surface area contributed by atoms with E-state index in [-0.39, 0.29) is 11.9 Å². The van der Waals surface area contributed by atoms with Crippen molar-refractivity contribution in [3.8, 4) is 35.0 Å². The van der Waals surface area contributed by atoms with Gasteiger partial charge in [0.25, 0.3) is 0 Å². The highest BCUT2D eigenvalue weighted by molar-refractivity contribution is 5.82. The van der Waals surface area contributed by atoms with Crippen molar-refractivity contribution in [1.82, 2.24) is 49.1 Å². The number of pyridine rings is 2. The van der Waals surface area contributed by atoms with E-state index >= 15 is 0 Å². The number of nitriles is 2. The zero-order valence-corrected chi connectivity index (χ0v) is 32.7. The average molecular weight is 771 g/mol. The van der Waals surface area contributed by atoms with E-state index in [0.29, 0.717) is 17.0 Å². The third kappa shape index (κ3) is 7.86. The first-order valence-corrected chi connectivity index (χ1v) is 19.2. The number of aromatic hydroxyl groups is 1. The van der Waals surface area contributed by atoms with Crippen molar-refractivity contribution in [1.29, 1.82) is 10.5 Å². The summed E-state index contributed by atoms with van der Waals surface area (Å²) in [6.45, 7) is 4.44. The van der Waals surface area contributed by atoms with Gasteiger partial charge in [-0.15, -0.1) is 0 Å². The molecule has 2 aromatic carbocycles. The maximum Gasteiger partial charge on any atom is 0.143 e. The molecule has 0 saturated carbocycles. The van der Waals surface area contributed by atoms with Gasteiger partial charge in [0.15, 0.2) is 0 Å². The quantitative estimate of drug-likeness (QED) is 0.192. The minimum absolute atomic E-state index is 0.140. The molecule has 0 radical (unpaired) electrons. The second-order valence-corrected chi connectivity index (χ2v) is 15.0. The Labute approximate surface area is 335 Å². The fourth-order valence-corrected chi connectivity index (χ4v) is 7.52. The lowest BCUT2D eigenvalue weighted by molar-refractivity contribution is 0.124. The van der Waals surface area contributed by atoms with Crippen molar-refractivity contribution < 1.29 is 9.84 Å². The van der Waals surface area contributed by atoms with E-state index in [1.54, 1.807) is 57.2 Å². The first-order chi connectivity index (χ1) is 28.1. The van der Waals surface area contributed by atoms with Gasteiger partial charge in [0.2, 0.25) is 0 Å². The third-order valence-electron chi connectivity index (χ3n) is 10.7. The van der Waals surface area contributed by atoms with Crippen LogP contribution in [-0.4, -0.2) is 54.2 Å². The van der Waals surface area contributed by atoms with Crippen LogP contribution in [0.15, 0.2) is 98.1 Å². The van der Waals surface area contributed by atoms with Crippen LogP contribution in [0.2, 0.25) is 0 Å². The number of phenolic OH excluding ortho intramolecular Hbond substituents is 1. The molecule has 1 N–H and O–H groups in total. The third-order valence-corrected chi connectivity index (χ3v) is 10.7. The summed E-state index contributed by atoms with van der Waals surface area (Å²) in [7, 11) is 3.74. The van der Waals surface area contributed by atoms with Crippen LogP contribution in [0, 0.1) is 34.5 Å². The molecule has 3 atom stereocenters. The molecule has 8 aromatic rings. The van der Waals surface area contributed by atoms with Gasteiger partial charge < -0.3 is 9.84 Å². The summed E-state index contributed by atoms with van der Waals surface area (Å²) in [5, 5.41) is 46.5. The minimum Gasteiger partial charge on any atom is -0.508 e. The lowest BCUT2D eigenvalue weighted by Gasteiger charge is -2.30. The van der Waals surface area contributed by atoms with Crippen molar-refractivity contribution in [3.63, 3.8) is 0 Å². The van der Waals surface area contributed by atoms with Crippen LogP contribution in [0.1, 0.15) is 66.4 Å². The molecule has 6 heterocycles. The lowest BCUT2D eigenvalue weighted by Crippen LogP contribution is -2.24. The van der Waals surface area contributed by atoms with Gasteiger partial charge >= 0.3 is 0 Å². The Bertz CT molecular complexity index is 2830. The highest BCUT2D eigenvalue weighted by Gasteiger charge is 2.30. The zero-order valence-electron chi connectivity index (χ0n) is 32.7. The molecule has 0 aliphatic heterocycles. The first-order valence-electron chi connectivity index (χ1n) is 19.2. The number of ether oxygens (including phenoxy) is 1. The molecule has 0 unspecified atom stereocenters. The normalized spacial score (nSPS) is 16.8. The van der Waals surface area contributed by atoms with E-state index in [1.165, 1.54) is 17.7 Å². The summed E-state index contributed by atoms with van der Waals surface area (Å²) in [5.41, 5.74) is 9.41. The molecule has 0 bridgehead atoms. The number of hydrogen-bond acceptors (Lipinski definition) is 10. The van der Waals surface area contributed by atoms with Crippen LogP contribution in [0.25, 0.3) is 33.2 Å². The molecule has 14 heteroatoms. The largest absolute Gasteiger partial charge is 0.508 e. The maximum atomic E-state index is 9.46. The van der Waals surface area contributed by atoms with Crippen molar-refractivity contribution in [3.05, 3.63) is 132 Å². The van der Waals surface area contributed by atoms with Gasteiger partial charge in [0.1, 0.15) is 41.1 Å². The van der Waals surface area contributed by atoms with Gasteiger partial charge in [-0.25, -0.2) is 9.36 Å². The standard InChI is InChI=1S/C22H20N6O.C11H10N4O.C11H12N2/c1-14-3-4-16-7-15(9-23)10-24-21(16)22(14)29-19-6-5-17-11-26-28(20(17)8-19)18-12-25-27(2)13-18;1-14-7-9(6-12-14)15-11-4-10(16)3-2-8(11)5-13-15;1-8-2-3-10-5-9(6-12)7-13-11(10)4-8/h5-8,10-14,22H,3-4H2,1-2H3;2-7,16H,1H3;5,7-8H,2-4H2,1H3/t14-,22-;;8-/m0.1/s1. The van der Waals surface area contributed by atoms with E-state index in [0.717, 1.165) is 81.8 Å². The summed E-state index contributed by atoms with van der Waals surface area (Å²) in [6.07, 6.45) is 19.4. The molecule has 10 rings (SSSR count). The molecule has 0 amide bonds. The topological polar surface area (TPSA) is 174 Å². The number of rotatable bonds is 4. The van der Waals surface area contributed by atoms with Crippen LogP contribution in [0.5, 0.6) is 11.5 Å². The van der Waals surface area contributed by atoms with Crippen LogP contribution < -0.4 is 4.74 Å². The molecule has 2 aliphatic carbocycles. The maximum absolute atomic E-state index is 9.46. The summed E-state index contributed by atoms with van der Waals surface area (Å²) in [6, 6.07) is 19.4. The molecule has 14 nitrogen and oxygen atoms in total. The monoisotopic (exact) mass is 770 g/mol. The van der Waals surface area contributed by atoms with E-state index in [2.05, 4.69) is 56.3 Å². The molecular weight excluding hydrogens is 729 g/mol. The van der Waals surface area contributed by atoms with Gasteiger partial charge in [-0.1, -0.05) is 13.8 Å². The van der Waals surface area contributed by atoms with Gasteiger partial charge in [0.05, 0.1) is 65.0 Å². The molecule has 290 valence electrons. The summed E-state index contributed by atoms with van der Waals surface area (Å²) < 4.78 is 13.5. The minimum atomic E-state index is -0.140. The number of benzene rings is 2. The van der Waals surface area contributed by atoms with Crippen molar-refractivity contribution >= 4 is 21.8 Å². The smallest absolute Gasteiger partial charge is 0.143 e. The van der Waals surface area contributed by atoms with Crippen molar-refractivity contribution in [2.24, 2.45) is 25.9 Å². The number of hydrogen-bond donors (Lipinski definition) is 1. The lowest BCUT2D eigenvalue weighted by atomic mass is 9.85. The Morgan fingerprint density at radius 2 is 1.29 bits per heavy atom. The van der Waals surface area contributed by atoms with Crippen LogP contribution >= 0.6 is 0 Å². The fourth-order valence-electron chi connectivity index (χ4n) is 7.52. The number of fused-ring (bicyclic) bond motifs is 4. The predicted octanol–water partition coefficient (Wildman–Crippen LogP) is 7.27. The number of phenols is 1. The van der Waals surface area contributed by atoms with Crippen molar-refractivity contribution in [2.45, 2.75) is 52.1 Å². The number of nitrogens with zero attached hydrogens (tertiary/aromatic N) is 12. The van der Waals surface area contributed by atoms with Gasteiger partial charge in [-0.05, 0) is 91.5 Å². The van der Waals surface area contributed by atoms with E-state index < -0.39 is 0 Å². The molecule has 0 saturated heterocycles. The zero-order chi connectivity index (χ0) is 40.3. The predicted molar refractivity (Wildman–Crippen MR) is 217 cm³/mol. The number of aryl methyl sites for hydroxylation is 4. The van der Waals surface area contributed by atoms with Gasteiger partial charge in [-0.2, -0.15) is 30.9 Å². The van der Waals surface area contributed by atoms with Crippen LogP contribution in [0.4, 0.5) is 0 Å². The second kappa shape index (κ2) is 16.0. The second-order valence-electron chi connectivity index (χ2n) is 15.0. The SMILES string of the molecule is C[C@@H]1CCc2cc(C#N)cnc2C1.C[C@H]1CCc2cc(C#N)cnc2[C@H]1Oc1ccc2cnn(-c3cnn(C)c3)c2c1.Cn1cc(-n2ncc3ccc(O)cc32)cn1. The summed E-state index contributed by atoms with van der Waals surface area (Å²) in [5.74, 6) is 2.09. The Morgan fingerprint density at radius 3 is 1.93 bits per heavy atom. The summed E-state index contributed by atoms with van der Waals surface area (Å²) in [4.78, 5) is 8.88. The highest BCUT2D eigenvalue weighted by atomic mass is 16.5. The van der Waals surface area contributed by atoms with Gasteiger partial charge in [0, 0.05) is 55.1 Å². The van der Waals surface area contributed by atoms with Gasteiger partial charge in [-0.3, -0.25) is 19.3 Å². The Kier molecular flexibility index (Phi) is 10.4. The number of aromatic nitrogens is 10. The fraction of sp³-hybridized carbons (Fsp3) is 0.273. The molecule has 6 aromatic heterocycles. The highest BCUT2D eigenvalue weighted by Crippen LogP contribution is 2.37. The van der Waals surface area contributed by atoms with E-state index in [9.17, 15) is 5.11 Å². The van der Waals surface area contributed by atoms with Crippen LogP contribution in [-0.2, 0) is 33.4 Å². The Hall–Kier alpha value is -7.32. The molecule has 0 fully saturated rings.